The van der Waals surface area contributed by atoms with E-state index in [1.165, 1.54) is 7.11 Å². The molecule has 6 nitrogen and oxygen atoms in total. The van der Waals surface area contributed by atoms with E-state index < -0.39 is 17.8 Å². The number of nitrogens with one attached hydrogen (secondary N) is 2. The van der Waals surface area contributed by atoms with Gasteiger partial charge in [-0.2, -0.15) is 0 Å². The first-order valence-corrected chi connectivity index (χ1v) is 10.5. The summed E-state index contributed by atoms with van der Waals surface area (Å²) in [7, 11) is 1.30. The number of methoxy groups -OCH3 is 1. The molecule has 0 saturated heterocycles. The fourth-order valence-corrected chi connectivity index (χ4v) is 3.05. The number of amides is 2. The van der Waals surface area contributed by atoms with Gasteiger partial charge in [-0.3, -0.25) is 9.59 Å². The SMILES string of the molecule is COC(=O)c1ccc(NC(=O)/C(=C/c2ccc(Br)cc2)NC(=O)c2ccc(C)cc2)cc1. The van der Waals surface area contributed by atoms with Gasteiger partial charge < -0.3 is 15.4 Å². The normalized spacial score (nSPS) is 10.9. The van der Waals surface area contributed by atoms with E-state index in [0.717, 1.165) is 15.6 Å². The molecule has 3 rings (SSSR count). The van der Waals surface area contributed by atoms with Gasteiger partial charge >= 0.3 is 5.97 Å². The van der Waals surface area contributed by atoms with Gasteiger partial charge in [0.2, 0.25) is 0 Å². The minimum absolute atomic E-state index is 0.0786. The lowest BCUT2D eigenvalue weighted by Gasteiger charge is -2.12. The molecule has 3 aromatic carbocycles. The number of carbonyl (C=O) groups excluding carboxylic acids is 3. The second-order valence-electron chi connectivity index (χ2n) is 6.95. The van der Waals surface area contributed by atoms with Gasteiger partial charge in [-0.05, 0) is 67.1 Å². The van der Waals surface area contributed by atoms with Crippen molar-refractivity contribution in [2.75, 3.05) is 12.4 Å². The van der Waals surface area contributed by atoms with Gasteiger partial charge in [-0.25, -0.2) is 4.79 Å². The smallest absolute Gasteiger partial charge is 0.337 e. The van der Waals surface area contributed by atoms with Crippen LogP contribution in [0.5, 0.6) is 0 Å². The summed E-state index contributed by atoms with van der Waals surface area (Å²) in [4.78, 5) is 37.3. The van der Waals surface area contributed by atoms with Gasteiger partial charge in [-0.15, -0.1) is 0 Å². The van der Waals surface area contributed by atoms with Gasteiger partial charge in [0.1, 0.15) is 5.70 Å². The number of rotatable bonds is 6. The summed E-state index contributed by atoms with van der Waals surface area (Å²) in [6, 6.07) is 20.6. The quantitative estimate of drug-likeness (QED) is 0.376. The van der Waals surface area contributed by atoms with Crippen molar-refractivity contribution in [3.63, 3.8) is 0 Å². The summed E-state index contributed by atoms with van der Waals surface area (Å²) in [5.41, 5.74) is 3.11. The number of hydrogen-bond acceptors (Lipinski definition) is 4. The van der Waals surface area contributed by atoms with E-state index in [9.17, 15) is 14.4 Å². The zero-order valence-corrected chi connectivity index (χ0v) is 19.1. The van der Waals surface area contributed by atoms with Crippen molar-refractivity contribution in [3.8, 4) is 0 Å². The fraction of sp³-hybridized carbons (Fsp3) is 0.0800. The van der Waals surface area contributed by atoms with E-state index in [0.29, 0.717) is 16.8 Å². The molecule has 3 aromatic rings. The summed E-state index contributed by atoms with van der Waals surface area (Å²) in [5, 5.41) is 5.44. The molecule has 0 bridgehead atoms. The highest BCUT2D eigenvalue weighted by Crippen LogP contribution is 2.15. The number of carbonyl (C=O) groups is 3. The molecule has 0 radical (unpaired) electrons. The molecule has 2 N–H and O–H groups in total. The van der Waals surface area contributed by atoms with Crippen molar-refractivity contribution in [1.82, 2.24) is 5.32 Å². The lowest BCUT2D eigenvalue weighted by atomic mass is 10.1. The van der Waals surface area contributed by atoms with Crippen LogP contribution in [0.15, 0.2) is 83.0 Å². The van der Waals surface area contributed by atoms with Crippen molar-refractivity contribution in [2.45, 2.75) is 6.92 Å². The number of anilines is 1. The second kappa shape index (κ2) is 10.5. The Balaban J connectivity index is 1.84. The molecule has 2 amide bonds. The van der Waals surface area contributed by atoms with Crippen LogP contribution in [0.25, 0.3) is 6.08 Å². The molecule has 0 aromatic heterocycles. The van der Waals surface area contributed by atoms with Crippen LogP contribution in [-0.2, 0) is 9.53 Å². The molecule has 7 heteroatoms. The lowest BCUT2D eigenvalue weighted by molar-refractivity contribution is -0.113. The maximum Gasteiger partial charge on any atom is 0.337 e. The summed E-state index contributed by atoms with van der Waals surface area (Å²) in [6.07, 6.45) is 1.59. The van der Waals surface area contributed by atoms with Crippen molar-refractivity contribution >= 4 is 45.5 Å². The van der Waals surface area contributed by atoms with Crippen molar-refractivity contribution in [1.29, 1.82) is 0 Å². The van der Waals surface area contributed by atoms with Gasteiger partial charge in [0.05, 0.1) is 12.7 Å². The maximum absolute atomic E-state index is 13.0. The third-order valence-electron chi connectivity index (χ3n) is 4.55. The van der Waals surface area contributed by atoms with Gasteiger partial charge in [0, 0.05) is 15.7 Å². The van der Waals surface area contributed by atoms with E-state index in [1.54, 1.807) is 42.5 Å². The number of ether oxygens (including phenoxy) is 1. The highest BCUT2D eigenvalue weighted by atomic mass is 79.9. The molecule has 0 atom stereocenters. The number of hydrogen-bond donors (Lipinski definition) is 2. The topological polar surface area (TPSA) is 84.5 Å². The molecule has 162 valence electrons. The maximum atomic E-state index is 13.0. The number of halogens is 1. The Morgan fingerprint density at radius 3 is 2.03 bits per heavy atom. The molecule has 0 fully saturated rings. The molecular weight excluding hydrogens is 472 g/mol. The van der Waals surface area contributed by atoms with Crippen LogP contribution in [-0.4, -0.2) is 24.9 Å². The summed E-state index contributed by atoms with van der Waals surface area (Å²) in [5.74, 6) is -1.37. The Hall–Kier alpha value is -3.71. The van der Waals surface area contributed by atoms with Crippen LogP contribution in [0.4, 0.5) is 5.69 Å². The third kappa shape index (κ3) is 6.15. The first-order valence-electron chi connectivity index (χ1n) is 9.71. The van der Waals surface area contributed by atoms with Gasteiger partial charge in [0.25, 0.3) is 11.8 Å². The molecule has 0 aliphatic heterocycles. The van der Waals surface area contributed by atoms with Crippen molar-refractivity contribution < 1.29 is 19.1 Å². The van der Waals surface area contributed by atoms with Crippen LogP contribution in [0.3, 0.4) is 0 Å². The first kappa shape index (κ1) is 23.0. The van der Waals surface area contributed by atoms with Crippen molar-refractivity contribution in [3.05, 3.63) is 105 Å². The molecular formula is C25H21BrN2O4. The molecule has 32 heavy (non-hydrogen) atoms. The van der Waals surface area contributed by atoms with Crippen LogP contribution in [0.2, 0.25) is 0 Å². The van der Waals surface area contributed by atoms with E-state index in [-0.39, 0.29) is 5.70 Å². The largest absolute Gasteiger partial charge is 0.465 e. The molecule has 0 spiro atoms. The number of aryl methyl sites for hydroxylation is 1. The van der Waals surface area contributed by atoms with Crippen LogP contribution >= 0.6 is 15.9 Å². The minimum atomic E-state index is -0.501. The summed E-state index contributed by atoms with van der Waals surface area (Å²) < 4.78 is 5.58. The van der Waals surface area contributed by atoms with E-state index in [4.69, 9.17) is 0 Å². The van der Waals surface area contributed by atoms with Crippen LogP contribution in [0, 0.1) is 6.92 Å². The van der Waals surface area contributed by atoms with Crippen LogP contribution < -0.4 is 10.6 Å². The summed E-state index contributed by atoms with van der Waals surface area (Å²) in [6.45, 7) is 1.93. The number of benzene rings is 3. The van der Waals surface area contributed by atoms with E-state index in [2.05, 4.69) is 31.3 Å². The minimum Gasteiger partial charge on any atom is -0.465 e. The Bertz CT molecular complexity index is 1150. The molecule has 0 unspecified atom stereocenters. The Labute approximate surface area is 194 Å². The molecule has 0 heterocycles. The highest BCUT2D eigenvalue weighted by Gasteiger charge is 2.15. The predicted molar refractivity (Wildman–Crippen MR) is 127 cm³/mol. The highest BCUT2D eigenvalue weighted by molar-refractivity contribution is 9.10. The monoisotopic (exact) mass is 492 g/mol. The van der Waals surface area contributed by atoms with Crippen molar-refractivity contribution in [2.24, 2.45) is 0 Å². The van der Waals surface area contributed by atoms with E-state index in [1.807, 2.05) is 43.3 Å². The van der Waals surface area contributed by atoms with Gasteiger partial charge in [-0.1, -0.05) is 45.8 Å². The predicted octanol–water partition coefficient (Wildman–Crippen LogP) is 4.95. The standard InChI is InChI=1S/C25H21BrN2O4/c1-16-3-7-18(8-4-16)23(29)28-22(15-17-5-11-20(26)12-6-17)24(30)27-21-13-9-19(10-14-21)25(31)32-2/h3-15H,1-2H3,(H,27,30)(H,28,29)/b22-15-. The molecule has 0 aliphatic carbocycles. The summed E-state index contributed by atoms with van der Waals surface area (Å²) >= 11 is 3.38. The van der Waals surface area contributed by atoms with E-state index >= 15 is 0 Å². The first-order chi connectivity index (χ1) is 15.4. The Morgan fingerprint density at radius 1 is 0.844 bits per heavy atom. The fourth-order valence-electron chi connectivity index (χ4n) is 2.79. The zero-order chi connectivity index (χ0) is 23.1. The second-order valence-corrected chi connectivity index (χ2v) is 7.87. The Kier molecular flexibility index (Phi) is 7.57. The average Bonchev–Trinajstić information content (AvgIpc) is 2.80. The Morgan fingerprint density at radius 2 is 1.44 bits per heavy atom. The lowest BCUT2D eigenvalue weighted by Crippen LogP contribution is -2.30. The molecule has 0 aliphatic rings. The average molecular weight is 493 g/mol. The van der Waals surface area contributed by atoms with Gasteiger partial charge in [0.15, 0.2) is 0 Å². The van der Waals surface area contributed by atoms with Crippen LogP contribution in [0.1, 0.15) is 31.8 Å². The molecule has 0 saturated carbocycles. The number of esters is 1. The zero-order valence-electron chi connectivity index (χ0n) is 17.5. The third-order valence-corrected chi connectivity index (χ3v) is 5.08.